The molecule has 0 aliphatic carbocycles. The molecule has 0 aromatic carbocycles. The van der Waals surface area contributed by atoms with Crippen molar-refractivity contribution in [2.24, 2.45) is 0 Å². The number of aromatic amines is 1. The standard InChI is InChI=1S/C20H24N4O2S.ClH/c1-20(2,3)17-12-16-15(8-9-21-19(16)23-17)14-6-7-18(22-13-14)27(25,26)24-10-4-5-11-24;/h6-9,12-13H,4-5,10-11H2,1-3H3,(H,21,23);1H. The van der Waals surface area contributed by atoms with Crippen LogP contribution in [-0.2, 0) is 15.4 Å². The molecule has 1 saturated heterocycles. The van der Waals surface area contributed by atoms with Crippen molar-refractivity contribution in [2.75, 3.05) is 13.1 Å². The van der Waals surface area contributed by atoms with Crippen LogP contribution < -0.4 is 0 Å². The van der Waals surface area contributed by atoms with Crippen LogP contribution in [0.25, 0.3) is 22.2 Å². The maximum Gasteiger partial charge on any atom is 0.260 e. The summed E-state index contributed by atoms with van der Waals surface area (Å²) in [5.41, 5.74) is 3.79. The van der Waals surface area contributed by atoms with Crippen LogP contribution in [0.3, 0.4) is 0 Å². The fraction of sp³-hybridized carbons (Fsp3) is 0.400. The number of H-pyrrole nitrogens is 1. The van der Waals surface area contributed by atoms with Crippen molar-refractivity contribution < 1.29 is 8.42 Å². The molecular weight excluding hydrogens is 396 g/mol. The highest BCUT2D eigenvalue weighted by atomic mass is 35.5. The van der Waals surface area contributed by atoms with E-state index >= 15 is 0 Å². The van der Waals surface area contributed by atoms with Gasteiger partial charge in [-0.3, -0.25) is 0 Å². The van der Waals surface area contributed by atoms with Gasteiger partial charge in [0.1, 0.15) is 5.65 Å². The smallest absolute Gasteiger partial charge is 0.260 e. The molecule has 0 radical (unpaired) electrons. The summed E-state index contributed by atoms with van der Waals surface area (Å²) in [5.74, 6) is 0. The molecular formula is C20H25ClN4O2S. The average Bonchev–Trinajstić information content (AvgIpc) is 3.31. The van der Waals surface area contributed by atoms with Gasteiger partial charge in [-0.05, 0) is 42.7 Å². The average molecular weight is 421 g/mol. The molecule has 1 fully saturated rings. The van der Waals surface area contributed by atoms with E-state index in [1.807, 2.05) is 12.1 Å². The lowest BCUT2D eigenvalue weighted by Gasteiger charge is -2.15. The zero-order valence-corrected chi connectivity index (χ0v) is 17.9. The Kier molecular flexibility index (Phi) is 5.53. The number of hydrogen-bond acceptors (Lipinski definition) is 4. The van der Waals surface area contributed by atoms with Crippen LogP contribution in [-0.4, -0.2) is 40.8 Å². The van der Waals surface area contributed by atoms with Crippen molar-refractivity contribution in [3.05, 3.63) is 42.4 Å². The second-order valence-electron chi connectivity index (χ2n) is 8.05. The van der Waals surface area contributed by atoms with E-state index < -0.39 is 10.0 Å². The summed E-state index contributed by atoms with van der Waals surface area (Å²) < 4.78 is 26.8. The van der Waals surface area contributed by atoms with E-state index in [-0.39, 0.29) is 22.8 Å². The molecule has 3 aromatic rings. The van der Waals surface area contributed by atoms with E-state index in [0.717, 1.165) is 40.7 Å². The topological polar surface area (TPSA) is 79.0 Å². The molecule has 28 heavy (non-hydrogen) atoms. The van der Waals surface area contributed by atoms with Crippen LogP contribution in [0.5, 0.6) is 0 Å². The summed E-state index contributed by atoms with van der Waals surface area (Å²) in [6, 6.07) is 7.49. The first-order chi connectivity index (χ1) is 12.8. The lowest BCUT2D eigenvalue weighted by Crippen LogP contribution is -2.28. The van der Waals surface area contributed by atoms with Gasteiger partial charge in [0.25, 0.3) is 10.0 Å². The fourth-order valence-corrected chi connectivity index (χ4v) is 4.86. The number of nitrogens with one attached hydrogen (secondary N) is 1. The van der Waals surface area contributed by atoms with E-state index in [1.165, 1.54) is 4.31 Å². The molecule has 1 aliphatic rings. The van der Waals surface area contributed by atoms with Gasteiger partial charge < -0.3 is 4.98 Å². The molecule has 0 spiro atoms. The zero-order valence-electron chi connectivity index (χ0n) is 16.3. The predicted molar refractivity (Wildman–Crippen MR) is 113 cm³/mol. The number of halogens is 1. The van der Waals surface area contributed by atoms with Crippen LogP contribution in [0.2, 0.25) is 0 Å². The molecule has 8 heteroatoms. The summed E-state index contributed by atoms with van der Waals surface area (Å²) >= 11 is 0. The number of aromatic nitrogens is 3. The third kappa shape index (κ3) is 3.66. The first kappa shape index (κ1) is 20.8. The Morgan fingerprint density at radius 3 is 2.39 bits per heavy atom. The van der Waals surface area contributed by atoms with Crippen molar-refractivity contribution in [3.63, 3.8) is 0 Å². The van der Waals surface area contributed by atoms with E-state index in [9.17, 15) is 8.42 Å². The SMILES string of the molecule is CC(C)(C)c1cc2c(-c3ccc(S(=O)(=O)N4CCCC4)nc3)ccnc2[nH]1.Cl. The molecule has 0 saturated carbocycles. The first-order valence-electron chi connectivity index (χ1n) is 9.21. The van der Waals surface area contributed by atoms with Crippen molar-refractivity contribution in [3.8, 4) is 11.1 Å². The Bertz CT molecular complexity index is 1080. The highest BCUT2D eigenvalue weighted by Crippen LogP contribution is 2.32. The lowest BCUT2D eigenvalue weighted by atomic mass is 9.92. The van der Waals surface area contributed by atoms with Gasteiger partial charge in [0, 0.05) is 47.5 Å². The van der Waals surface area contributed by atoms with Gasteiger partial charge in [0.15, 0.2) is 5.03 Å². The number of fused-ring (bicyclic) bond motifs is 1. The van der Waals surface area contributed by atoms with Crippen molar-refractivity contribution in [1.82, 2.24) is 19.3 Å². The molecule has 6 nitrogen and oxygen atoms in total. The highest BCUT2D eigenvalue weighted by Gasteiger charge is 2.28. The maximum absolute atomic E-state index is 12.7. The van der Waals surface area contributed by atoms with Crippen LogP contribution in [0, 0.1) is 0 Å². The normalized spacial score (nSPS) is 15.7. The van der Waals surface area contributed by atoms with Gasteiger partial charge in [-0.2, -0.15) is 4.31 Å². The fourth-order valence-electron chi connectivity index (χ4n) is 3.44. The quantitative estimate of drug-likeness (QED) is 0.690. The van der Waals surface area contributed by atoms with Crippen molar-refractivity contribution >= 4 is 33.5 Å². The van der Waals surface area contributed by atoms with Crippen molar-refractivity contribution in [2.45, 2.75) is 44.1 Å². The van der Waals surface area contributed by atoms with Gasteiger partial charge in [-0.15, -0.1) is 12.4 Å². The summed E-state index contributed by atoms with van der Waals surface area (Å²) in [6.07, 6.45) is 5.23. The van der Waals surface area contributed by atoms with Crippen molar-refractivity contribution in [1.29, 1.82) is 0 Å². The van der Waals surface area contributed by atoms with Crippen LogP contribution in [0.15, 0.2) is 41.7 Å². The number of pyridine rings is 2. The minimum atomic E-state index is -3.49. The zero-order chi connectivity index (χ0) is 19.2. The number of rotatable bonds is 3. The maximum atomic E-state index is 12.7. The van der Waals surface area contributed by atoms with Crippen LogP contribution in [0.4, 0.5) is 0 Å². The minimum absolute atomic E-state index is 0. The number of hydrogen-bond donors (Lipinski definition) is 1. The molecule has 0 bridgehead atoms. The first-order valence-corrected chi connectivity index (χ1v) is 10.7. The van der Waals surface area contributed by atoms with Gasteiger partial charge in [0.2, 0.25) is 0 Å². The Balaban J connectivity index is 0.00000225. The monoisotopic (exact) mass is 420 g/mol. The van der Waals surface area contributed by atoms with E-state index in [0.29, 0.717) is 13.1 Å². The summed E-state index contributed by atoms with van der Waals surface area (Å²) in [7, 11) is -3.49. The number of nitrogens with zero attached hydrogens (tertiary/aromatic N) is 3. The third-order valence-corrected chi connectivity index (χ3v) is 6.87. The molecule has 3 aromatic heterocycles. The highest BCUT2D eigenvalue weighted by molar-refractivity contribution is 7.89. The van der Waals surface area contributed by atoms with Gasteiger partial charge in [-0.25, -0.2) is 18.4 Å². The Morgan fingerprint density at radius 1 is 1.07 bits per heavy atom. The second-order valence-corrected chi connectivity index (χ2v) is 9.93. The summed E-state index contributed by atoms with van der Waals surface area (Å²) in [5, 5.41) is 1.13. The number of sulfonamides is 1. The Labute approximate surface area is 171 Å². The molecule has 150 valence electrons. The van der Waals surface area contributed by atoms with Gasteiger partial charge >= 0.3 is 0 Å². The summed E-state index contributed by atoms with van der Waals surface area (Å²) in [6.45, 7) is 7.61. The molecule has 4 heterocycles. The molecule has 1 N–H and O–H groups in total. The lowest BCUT2D eigenvalue weighted by molar-refractivity contribution is 0.474. The molecule has 1 aliphatic heterocycles. The van der Waals surface area contributed by atoms with E-state index in [4.69, 9.17) is 0 Å². The second kappa shape index (κ2) is 7.46. The largest absolute Gasteiger partial charge is 0.343 e. The molecule has 4 rings (SSSR count). The van der Waals surface area contributed by atoms with E-state index in [2.05, 4.69) is 41.8 Å². The predicted octanol–water partition coefficient (Wildman–Crippen LogP) is 4.13. The minimum Gasteiger partial charge on any atom is -0.343 e. The Hall–Kier alpha value is -1.96. The molecule has 0 atom stereocenters. The van der Waals surface area contributed by atoms with E-state index in [1.54, 1.807) is 18.5 Å². The molecule has 0 amide bonds. The van der Waals surface area contributed by atoms with Gasteiger partial charge in [-0.1, -0.05) is 20.8 Å². The molecule has 0 unspecified atom stereocenters. The Morgan fingerprint density at radius 2 is 1.79 bits per heavy atom. The van der Waals surface area contributed by atoms with Gasteiger partial charge in [0.05, 0.1) is 0 Å². The third-order valence-electron chi connectivity index (χ3n) is 5.06. The van der Waals surface area contributed by atoms with Crippen LogP contribution in [0.1, 0.15) is 39.3 Å². The van der Waals surface area contributed by atoms with Crippen LogP contribution >= 0.6 is 12.4 Å². The summed E-state index contributed by atoms with van der Waals surface area (Å²) in [4.78, 5) is 12.1.